The number of aromatic nitrogens is 1. The number of anilines is 1. The maximum absolute atomic E-state index is 13.1. The standard InChI is InChI=1S/C22H24ClN3O4S/c1-2-30-20-8-7-18(14-21(20)31(28,29)26-10-3-4-11-26)24-22(27)15-25-12-9-16-5-6-17(23)13-19(16)25/h5-9,12-14H,2-4,10-11,15H2,1H3,(H,24,27). The van der Waals surface area contributed by atoms with Crippen molar-refractivity contribution in [2.24, 2.45) is 0 Å². The first kappa shape index (κ1) is 21.7. The van der Waals surface area contributed by atoms with Crippen LogP contribution < -0.4 is 10.1 Å². The van der Waals surface area contributed by atoms with Gasteiger partial charge in [0.05, 0.1) is 6.61 Å². The lowest BCUT2D eigenvalue weighted by atomic mass is 10.2. The minimum Gasteiger partial charge on any atom is -0.492 e. The molecule has 0 radical (unpaired) electrons. The van der Waals surface area contributed by atoms with Crippen molar-refractivity contribution >= 4 is 44.1 Å². The van der Waals surface area contributed by atoms with Crippen LogP contribution in [-0.4, -0.2) is 42.9 Å². The summed E-state index contributed by atoms with van der Waals surface area (Å²) >= 11 is 6.08. The number of hydrogen-bond donors (Lipinski definition) is 1. The molecule has 0 spiro atoms. The number of hydrogen-bond acceptors (Lipinski definition) is 4. The topological polar surface area (TPSA) is 80.6 Å². The number of carbonyl (C=O) groups is 1. The van der Waals surface area contributed by atoms with Gasteiger partial charge in [-0.3, -0.25) is 4.79 Å². The van der Waals surface area contributed by atoms with E-state index in [1.165, 1.54) is 10.4 Å². The number of nitrogens with one attached hydrogen (secondary N) is 1. The number of rotatable bonds is 7. The van der Waals surface area contributed by atoms with Crippen LogP contribution in [0.3, 0.4) is 0 Å². The smallest absolute Gasteiger partial charge is 0.246 e. The summed E-state index contributed by atoms with van der Waals surface area (Å²) in [5.74, 6) is 0.0181. The van der Waals surface area contributed by atoms with Crippen LogP contribution in [-0.2, 0) is 21.4 Å². The third-order valence-corrected chi connectivity index (χ3v) is 7.41. The molecule has 9 heteroatoms. The van der Waals surface area contributed by atoms with E-state index in [0.717, 1.165) is 23.7 Å². The molecule has 31 heavy (non-hydrogen) atoms. The summed E-state index contributed by atoms with van der Waals surface area (Å²) in [6.07, 6.45) is 3.50. The van der Waals surface area contributed by atoms with Crippen molar-refractivity contribution in [3.63, 3.8) is 0 Å². The first-order valence-electron chi connectivity index (χ1n) is 10.2. The number of ether oxygens (including phenoxy) is 1. The van der Waals surface area contributed by atoms with Crippen LogP contribution >= 0.6 is 11.6 Å². The Labute approximate surface area is 186 Å². The van der Waals surface area contributed by atoms with Crippen molar-refractivity contribution in [2.45, 2.75) is 31.2 Å². The fraction of sp³-hybridized carbons (Fsp3) is 0.318. The average Bonchev–Trinajstić information content (AvgIpc) is 3.40. The van der Waals surface area contributed by atoms with E-state index in [4.69, 9.17) is 16.3 Å². The fourth-order valence-electron chi connectivity index (χ4n) is 3.78. The highest BCUT2D eigenvalue weighted by Crippen LogP contribution is 2.31. The van der Waals surface area contributed by atoms with Gasteiger partial charge < -0.3 is 14.6 Å². The third-order valence-electron chi connectivity index (χ3n) is 5.26. The van der Waals surface area contributed by atoms with Gasteiger partial charge in [0.25, 0.3) is 0 Å². The molecule has 1 aromatic heterocycles. The van der Waals surface area contributed by atoms with Crippen molar-refractivity contribution in [3.05, 3.63) is 53.7 Å². The predicted molar refractivity (Wildman–Crippen MR) is 121 cm³/mol. The highest BCUT2D eigenvalue weighted by molar-refractivity contribution is 7.89. The van der Waals surface area contributed by atoms with E-state index < -0.39 is 10.0 Å². The van der Waals surface area contributed by atoms with Crippen LogP contribution in [0.2, 0.25) is 5.02 Å². The van der Waals surface area contributed by atoms with Gasteiger partial charge >= 0.3 is 0 Å². The molecule has 4 rings (SSSR count). The van der Waals surface area contributed by atoms with Gasteiger partial charge in [-0.2, -0.15) is 4.31 Å². The van der Waals surface area contributed by atoms with Crippen LogP contribution in [0.1, 0.15) is 19.8 Å². The van der Waals surface area contributed by atoms with Crippen molar-refractivity contribution in [1.82, 2.24) is 8.87 Å². The van der Waals surface area contributed by atoms with Gasteiger partial charge in [0.15, 0.2) is 0 Å². The summed E-state index contributed by atoms with van der Waals surface area (Å²) < 4.78 is 35.1. The second-order valence-electron chi connectivity index (χ2n) is 7.40. The second kappa shape index (κ2) is 8.90. The quantitative estimate of drug-likeness (QED) is 0.574. The van der Waals surface area contributed by atoms with E-state index in [1.807, 2.05) is 24.4 Å². The lowest BCUT2D eigenvalue weighted by Gasteiger charge is -2.19. The third kappa shape index (κ3) is 4.56. The number of benzene rings is 2. The highest BCUT2D eigenvalue weighted by atomic mass is 35.5. The molecule has 0 atom stereocenters. The Bertz CT molecular complexity index is 1220. The zero-order valence-electron chi connectivity index (χ0n) is 17.2. The number of carbonyl (C=O) groups excluding carboxylic acids is 1. The largest absolute Gasteiger partial charge is 0.492 e. The van der Waals surface area contributed by atoms with Crippen LogP contribution in [0.15, 0.2) is 53.6 Å². The molecule has 1 amide bonds. The van der Waals surface area contributed by atoms with Crippen molar-refractivity contribution in [3.8, 4) is 5.75 Å². The zero-order chi connectivity index (χ0) is 22.0. The Morgan fingerprint density at radius 2 is 1.90 bits per heavy atom. The predicted octanol–water partition coefficient (Wildman–Crippen LogP) is 4.12. The molecule has 164 valence electrons. The average molecular weight is 462 g/mol. The van der Waals surface area contributed by atoms with E-state index in [-0.39, 0.29) is 17.3 Å². The maximum atomic E-state index is 13.1. The van der Waals surface area contributed by atoms with Gasteiger partial charge in [-0.25, -0.2) is 8.42 Å². The van der Waals surface area contributed by atoms with Crippen LogP contribution in [0.25, 0.3) is 10.9 Å². The Kier molecular flexibility index (Phi) is 6.22. The Morgan fingerprint density at radius 1 is 1.13 bits per heavy atom. The lowest BCUT2D eigenvalue weighted by molar-refractivity contribution is -0.116. The molecule has 1 saturated heterocycles. The molecule has 2 heterocycles. The second-order valence-corrected chi connectivity index (χ2v) is 9.74. The lowest BCUT2D eigenvalue weighted by Crippen LogP contribution is -2.28. The Hall–Kier alpha value is -2.55. The molecule has 1 aliphatic heterocycles. The van der Waals surface area contributed by atoms with Crippen molar-refractivity contribution in [2.75, 3.05) is 25.0 Å². The molecule has 1 fully saturated rings. The molecule has 7 nitrogen and oxygen atoms in total. The van der Waals surface area contributed by atoms with E-state index in [2.05, 4.69) is 5.32 Å². The fourth-order valence-corrected chi connectivity index (χ4v) is 5.62. The van der Waals surface area contributed by atoms with Crippen molar-refractivity contribution in [1.29, 1.82) is 0 Å². The number of sulfonamides is 1. The zero-order valence-corrected chi connectivity index (χ0v) is 18.7. The molecular formula is C22H24ClN3O4S. The summed E-state index contributed by atoms with van der Waals surface area (Å²) in [7, 11) is -3.70. The minimum absolute atomic E-state index is 0.0747. The molecular weight excluding hydrogens is 438 g/mol. The summed E-state index contributed by atoms with van der Waals surface area (Å²) in [5, 5.41) is 4.38. The van der Waals surface area contributed by atoms with Gasteiger partial charge in [0.2, 0.25) is 15.9 Å². The van der Waals surface area contributed by atoms with Crippen LogP contribution in [0, 0.1) is 0 Å². The number of nitrogens with zero attached hydrogens (tertiary/aromatic N) is 2. The van der Waals surface area contributed by atoms with Crippen LogP contribution in [0.5, 0.6) is 5.75 Å². The highest BCUT2D eigenvalue weighted by Gasteiger charge is 2.30. The van der Waals surface area contributed by atoms with Gasteiger partial charge in [-0.15, -0.1) is 0 Å². The van der Waals surface area contributed by atoms with Gasteiger partial charge in [-0.1, -0.05) is 17.7 Å². The molecule has 0 aliphatic carbocycles. The maximum Gasteiger partial charge on any atom is 0.246 e. The van der Waals surface area contributed by atoms with Gasteiger partial charge in [-0.05, 0) is 61.5 Å². The van der Waals surface area contributed by atoms with E-state index >= 15 is 0 Å². The number of halogens is 1. The van der Waals surface area contributed by atoms with Crippen LogP contribution in [0.4, 0.5) is 5.69 Å². The minimum atomic E-state index is -3.70. The van der Waals surface area contributed by atoms with Gasteiger partial charge in [0.1, 0.15) is 17.2 Å². The Morgan fingerprint density at radius 3 is 2.65 bits per heavy atom. The first-order chi connectivity index (χ1) is 14.9. The Balaban J connectivity index is 1.58. The number of amides is 1. The summed E-state index contributed by atoms with van der Waals surface area (Å²) in [6, 6.07) is 12.1. The molecule has 2 aromatic carbocycles. The summed E-state index contributed by atoms with van der Waals surface area (Å²) in [6.45, 7) is 3.21. The summed E-state index contributed by atoms with van der Waals surface area (Å²) in [4.78, 5) is 12.8. The molecule has 1 aliphatic rings. The molecule has 0 unspecified atom stereocenters. The molecule has 0 saturated carbocycles. The van der Waals surface area contributed by atoms with Gasteiger partial charge in [0, 0.05) is 35.5 Å². The molecule has 1 N–H and O–H groups in total. The number of fused-ring (bicyclic) bond motifs is 1. The summed E-state index contributed by atoms with van der Waals surface area (Å²) in [5.41, 5.74) is 1.26. The first-order valence-corrected chi connectivity index (χ1v) is 12.0. The van der Waals surface area contributed by atoms with E-state index in [1.54, 1.807) is 29.7 Å². The SMILES string of the molecule is CCOc1ccc(NC(=O)Cn2ccc3ccc(Cl)cc32)cc1S(=O)(=O)N1CCCC1. The van der Waals surface area contributed by atoms with E-state index in [9.17, 15) is 13.2 Å². The molecule has 3 aromatic rings. The molecule has 0 bridgehead atoms. The normalized spacial score (nSPS) is 14.8. The van der Waals surface area contributed by atoms with E-state index in [0.29, 0.717) is 36.2 Å². The monoisotopic (exact) mass is 461 g/mol. The van der Waals surface area contributed by atoms with Crippen molar-refractivity contribution < 1.29 is 17.9 Å².